The van der Waals surface area contributed by atoms with Crippen molar-refractivity contribution in [1.82, 2.24) is 30.8 Å². The molecule has 0 unspecified atom stereocenters. The number of rotatable bonds is 16. The first-order chi connectivity index (χ1) is 23.5. The van der Waals surface area contributed by atoms with Crippen molar-refractivity contribution >= 4 is 67.0 Å². The molecule has 2 aromatic heterocycles. The van der Waals surface area contributed by atoms with E-state index >= 15 is 0 Å². The van der Waals surface area contributed by atoms with Crippen LogP contribution in [-0.4, -0.2) is 56.7 Å². The number of aromatic nitrogens is 2. The standard InChI is InChI=1S/C38H42N6O4/c1-3-5-7-9-11-13-19-41-43-35(45)25-17-15-23-31-29(25)27(37(43)47)21-39-33(31)24-16-18-26-30-28(22-40-34(23)32(24)30)38(48)44(36(26)46)42-20-14-12-10-8-6-4-2/h15-18,21-22,41-42H,3-14,19-20H2,1-2H3. The zero-order valence-corrected chi connectivity index (χ0v) is 27.8. The maximum atomic E-state index is 13.7. The maximum absolute atomic E-state index is 13.7. The fourth-order valence-electron chi connectivity index (χ4n) is 7.40. The number of unbranched alkanes of at least 4 members (excludes halogenated alkanes) is 10. The number of nitrogens with zero attached hydrogens (tertiary/aromatic N) is 4. The van der Waals surface area contributed by atoms with Crippen LogP contribution in [0.15, 0.2) is 36.7 Å². The molecule has 2 N–H and O–H groups in total. The summed E-state index contributed by atoms with van der Waals surface area (Å²) in [5.74, 6) is -1.64. The molecule has 5 aromatic rings. The zero-order valence-electron chi connectivity index (χ0n) is 27.8. The van der Waals surface area contributed by atoms with Crippen LogP contribution in [0.1, 0.15) is 132 Å². The molecule has 0 radical (unpaired) electrons. The quantitative estimate of drug-likeness (QED) is 0.0490. The van der Waals surface area contributed by atoms with Crippen molar-refractivity contribution < 1.29 is 19.2 Å². The summed E-state index contributed by atoms with van der Waals surface area (Å²) in [6, 6.07) is 7.16. The molecule has 0 fully saturated rings. The first-order valence-corrected chi connectivity index (χ1v) is 17.6. The highest BCUT2D eigenvalue weighted by Crippen LogP contribution is 2.44. The SMILES string of the molecule is CCCCCCCCNN1C(=O)c2ccc3c4ncc5c6c(ccc(c7ncc(c2c37)C1=O)c64)C(=O)N(NCCCCCCCC)C5=O. The number of hydrogen-bond acceptors (Lipinski definition) is 8. The van der Waals surface area contributed by atoms with Gasteiger partial charge in [0.2, 0.25) is 0 Å². The van der Waals surface area contributed by atoms with Crippen LogP contribution in [0.2, 0.25) is 0 Å². The summed E-state index contributed by atoms with van der Waals surface area (Å²) in [6.45, 7) is 5.43. The molecule has 0 aliphatic carbocycles. The predicted molar refractivity (Wildman–Crippen MR) is 187 cm³/mol. The Bertz CT molecular complexity index is 1810. The Balaban J connectivity index is 1.22. The summed E-state index contributed by atoms with van der Waals surface area (Å²) in [5, 5.41) is 6.15. The Morgan fingerprint density at radius 1 is 0.479 bits per heavy atom. The molecule has 10 nitrogen and oxygen atoms in total. The Kier molecular flexibility index (Phi) is 9.02. The lowest BCUT2D eigenvalue weighted by atomic mass is 9.86. The first-order valence-electron chi connectivity index (χ1n) is 17.6. The normalized spacial score (nSPS) is 14.6. The Labute approximate surface area is 279 Å². The minimum absolute atomic E-state index is 0.354. The average Bonchev–Trinajstić information content (AvgIpc) is 3.10. The monoisotopic (exact) mass is 646 g/mol. The van der Waals surface area contributed by atoms with Crippen LogP contribution in [0.3, 0.4) is 0 Å². The van der Waals surface area contributed by atoms with E-state index < -0.39 is 23.6 Å². The van der Waals surface area contributed by atoms with Crippen LogP contribution in [0.4, 0.5) is 0 Å². The third-order valence-electron chi connectivity index (χ3n) is 9.91. The fourth-order valence-corrected chi connectivity index (χ4v) is 7.40. The number of hydrogen-bond donors (Lipinski definition) is 2. The number of fused-ring (bicyclic) bond motifs is 2. The first kappa shape index (κ1) is 32.0. The predicted octanol–water partition coefficient (Wildman–Crippen LogP) is 7.45. The molecule has 0 bridgehead atoms. The summed E-state index contributed by atoms with van der Waals surface area (Å²) in [6.07, 6.45) is 16.4. The van der Waals surface area contributed by atoms with Gasteiger partial charge in [-0.15, -0.1) is 0 Å². The number of nitrogens with one attached hydrogen (secondary N) is 2. The van der Waals surface area contributed by atoms with E-state index in [4.69, 9.17) is 9.97 Å². The van der Waals surface area contributed by atoms with Crippen molar-refractivity contribution in [2.45, 2.75) is 90.9 Å². The van der Waals surface area contributed by atoms with Gasteiger partial charge in [0.25, 0.3) is 23.6 Å². The minimum atomic E-state index is -0.427. The molecular weight excluding hydrogens is 604 g/mol. The number of carbonyl (C=O) groups excluding carboxylic acids is 4. The molecule has 2 aliphatic rings. The van der Waals surface area contributed by atoms with Crippen LogP contribution >= 0.6 is 0 Å². The smallest absolute Gasteiger partial charge is 0.267 e. The van der Waals surface area contributed by atoms with Crippen LogP contribution in [0, 0.1) is 0 Å². The third-order valence-corrected chi connectivity index (χ3v) is 9.91. The number of amides is 4. The van der Waals surface area contributed by atoms with Crippen molar-refractivity contribution in [1.29, 1.82) is 0 Å². The van der Waals surface area contributed by atoms with E-state index in [0.29, 0.717) is 78.7 Å². The zero-order chi connectivity index (χ0) is 33.4. The van der Waals surface area contributed by atoms with Crippen LogP contribution in [0.25, 0.3) is 43.4 Å². The summed E-state index contributed by atoms with van der Waals surface area (Å²) < 4.78 is 0. The van der Waals surface area contributed by atoms with Gasteiger partial charge in [-0.05, 0) is 25.0 Å². The van der Waals surface area contributed by atoms with E-state index in [1.54, 1.807) is 12.1 Å². The molecule has 10 heteroatoms. The number of benzene rings is 3. The molecule has 248 valence electrons. The molecule has 2 aliphatic heterocycles. The highest BCUT2D eigenvalue weighted by atomic mass is 16.2. The van der Waals surface area contributed by atoms with Gasteiger partial charge in [0, 0.05) is 57.8 Å². The molecule has 7 rings (SSSR count). The summed E-state index contributed by atoms with van der Waals surface area (Å²) in [4.78, 5) is 64.3. The largest absolute Gasteiger partial charge is 0.277 e. The van der Waals surface area contributed by atoms with E-state index in [-0.39, 0.29) is 0 Å². The summed E-state index contributed by atoms with van der Waals surface area (Å²) >= 11 is 0. The molecule has 48 heavy (non-hydrogen) atoms. The molecule has 3 aromatic carbocycles. The lowest BCUT2D eigenvalue weighted by Crippen LogP contribution is -2.49. The van der Waals surface area contributed by atoms with E-state index in [1.165, 1.54) is 50.9 Å². The number of hydrazine groups is 2. The topological polar surface area (TPSA) is 125 Å². The van der Waals surface area contributed by atoms with Gasteiger partial charge in [0.05, 0.1) is 33.3 Å². The molecule has 4 heterocycles. The second-order valence-corrected chi connectivity index (χ2v) is 13.1. The molecule has 4 amide bonds. The minimum Gasteiger partial charge on any atom is -0.267 e. The Hall–Kier alpha value is -4.54. The van der Waals surface area contributed by atoms with Gasteiger partial charge in [-0.25, -0.2) is 20.9 Å². The molecule has 0 atom stereocenters. The van der Waals surface area contributed by atoms with Gasteiger partial charge < -0.3 is 0 Å². The fraction of sp³-hybridized carbons (Fsp3) is 0.421. The van der Waals surface area contributed by atoms with Gasteiger partial charge in [0.1, 0.15) is 0 Å². The highest BCUT2D eigenvalue weighted by Gasteiger charge is 2.37. The molecular formula is C38H42N6O4. The van der Waals surface area contributed by atoms with E-state index in [1.807, 2.05) is 12.1 Å². The lowest BCUT2D eigenvalue weighted by Gasteiger charge is -2.29. The van der Waals surface area contributed by atoms with Crippen LogP contribution in [-0.2, 0) is 0 Å². The average molecular weight is 647 g/mol. The van der Waals surface area contributed by atoms with Gasteiger partial charge in [-0.3, -0.25) is 29.1 Å². The van der Waals surface area contributed by atoms with Crippen molar-refractivity contribution in [3.63, 3.8) is 0 Å². The van der Waals surface area contributed by atoms with Crippen molar-refractivity contribution in [2.24, 2.45) is 0 Å². The summed E-state index contributed by atoms with van der Waals surface area (Å²) in [5.41, 5.74) is 8.89. The number of imide groups is 2. The summed E-state index contributed by atoms with van der Waals surface area (Å²) in [7, 11) is 0. The Morgan fingerprint density at radius 3 is 1.27 bits per heavy atom. The van der Waals surface area contributed by atoms with Gasteiger partial charge in [-0.2, -0.15) is 0 Å². The molecule has 0 saturated heterocycles. The third kappa shape index (κ3) is 5.27. The molecule has 0 saturated carbocycles. The number of carbonyl (C=O) groups is 4. The van der Waals surface area contributed by atoms with Crippen molar-refractivity contribution in [3.05, 3.63) is 58.9 Å². The van der Waals surface area contributed by atoms with E-state index in [9.17, 15) is 19.2 Å². The lowest BCUT2D eigenvalue weighted by molar-refractivity contribution is 0.0505. The second kappa shape index (κ2) is 13.5. The van der Waals surface area contributed by atoms with E-state index in [0.717, 1.165) is 48.5 Å². The second-order valence-electron chi connectivity index (χ2n) is 13.1. The number of pyridine rings is 2. The van der Waals surface area contributed by atoms with Crippen LogP contribution < -0.4 is 10.9 Å². The van der Waals surface area contributed by atoms with Crippen molar-refractivity contribution in [2.75, 3.05) is 13.1 Å². The maximum Gasteiger partial charge on any atom is 0.277 e. The highest BCUT2D eigenvalue weighted by molar-refractivity contribution is 6.39. The molecule has 0 spiro atoms. The van der Waals surface area contributed by atoms with Crippen LogP contribution in [0.5, 0.6) is 0 Å². The Morgan fingerprint density at radius 2 is 0.854 bits per heavy atom. The van der Waals surface area contributed by atoms with E-state index in [2.05, 4.69) is 24.7 Å². The van der Waals surface area contributed by atoms with Crippen molar-refractivity contribution in [3.8, 4) is 0 Å². The van der Waals surface area contributed by atoms with Gasteiger partial charge in [-0.1, -0.05) is 90.2 Å². The van der Waals surface area contributed by atoms with Gasteiger partial charge in [0.15, 0.2) is 0 Å². The van der Waals surface area contributed by atoms with Gasteiger partial charge >= 0.3 is 0 Å².